The van der Waals surface area contributed by atoms with E-state index in [1.54, 1.807) is 7.11 Å². The molecular weight excluding hydrogens is 366 g/mol. The van der Waals surface area contributed by atoms with Crippen molar-refractivity contribution in [3.63, 3.8) is 0 Å². The highest BCUT2D eigenvalue weighted by molar-refractivity contribution is 5.64. The highest BCUT2D eigenvalue weighted by Gasteiger charge is 2.43. The van der Waals surface area contributed by atoms with E-state index in [1.165, 1.54) is 11.1 Å². The molecule has 6 heteroatoms. The Morgan fingerprint density at radius 3 is 3.14 bits per heavy atom. The molecule has 1 aromatic carbocycles. The Hall–Kier alpha value is -2.44. The number of ether oxygens (including phenoxy) is 3. The Balaban J connectivity index is 1.37. The number of hydrogen-bond acceptors (Lipinski definition) is 6. The van der Waals surface area contributed by atoms with Crippen LogP contribution in [0.1, 0.15) is 35.5 Å². The molecule has 1 aromatic heterocycles. The predicted molar refractivity (Wildman–Crippen MR) is 110 cm³/mol. The van der Waals surface area contributed by atoms with Crippen molar-refractivity contribution in [2.45, 2.75) is 31.8 Å². The zero-order chi connectivity index (χ0) is 19.8. The molecule has 0 bridgehead atoms. The van der Waals surface area contributed by atoms with Gasteiger partial charge in [0.1, 0.15) is 29.5 Å². The van der Waals surface area contributed by atoms with E-state index >= 15 is 0 Å². The standard InChI is InChI=1S/C23H27N3O3/c1-16-24-12-18-6-9-29-23(22(18)25-16)7-3-8-26(15-23)13-17-10-19-11-20(27-2)4-5-21(19)28-14-17/h4-5,10-12H,3,6-9,13-15H2,1-2H3. The van der Waals surface area contributed by atoms with Gasteiger partial charge < -0.3 is 14.2 Å². The molecule has 5 rings (SSSR count). The molecule has 1 fully saturated rings. The van der Waals surface area contributed by atoms with Gasteiger partial charge in [-0.1, -0.05) is 0 Å². The second-order valence-electron chi connectivity index (χ2n) is 8.19. The van der Waals surface area contributed by atoms with E-state index in [2.05, 4.69) is 16.0 Å². The van der Waals surface area contributed by atoms with Crippen LogP contribution in [0.5, 0.6) is 11.5 Å². The summed E-state index contributed by atoms with van der Waals surface area (Å²) in [5, 5.41) is 0. The topological polar surface area (TPSA) is 56.7 Å². The van der Waals surface area contributed by atoms with Gasteiger partial charge in [0, 0.05) is 24.8 Å². The first-order valence-electron chi connectivity index (χ1n) is 10.3. The van der Waals surface area contributed by atoms with Crippen LogP contribution in [0.15, 0.2) is 30.0 Å². The van der Waals surface area contributed by atoms with Gasteiger partial charge in [0.05, 0.1) is 19.4 Å². The SMILES string of the molecule is COc1ccc2c(c1)C=C(CN1CCCC3(C1)OCCc1cnc(C)nc13)CO2. The Labute approximate surface area is 171 Å². The van der Waals surface area contributed by atoms with Crippen molar-refractivity contribution in [1.82, 2.24) is 14.9 Å². The molecule has 29 heavy (non-hydrogen) atoms. The van der Waals surface area contributed by atoms with Gasteiger partial charge in [-0.25, -0.2) is 9.97 Å². The van der Waals surface area contributed by atoms with Gasteiger partial charge in [-0.05, 0) is 68.1 Å². The summed E-state index contributed by atoms with van der Waals surface area (Å²) in [4.78, 5) is 11.7. The van der Waals surface area contributed by atoms with Crippen LogP contribution < -0.4 is 9.47 Å². The van der Waals surface area contributed by atoms with Gasteiger partial charge in [-0.15, -0.1) is 0 Å². The summed E-state index contributed by atoms with van der Waals surface area (Å²) in [5.41, 5.74) is 4.39. The lowest BCUT2D eigenvalue weighted by atomic mass is 9.84. The molecule has 0 N–H and O–H groups in total. The fourth-order valence-corrected chi connectivity index (χ4v) is 4.76. The Morgan fingerprint density at radius 2 is 2.24 bits per heavy atom. The third-order valence-electron chi connectivity index (χ3n) is 6.12. The lowest BCUT2D eigenvalue weighted by Crippen LogP contribution is -2.51. The molecule has 0 amide bonds. The number of aromatic nitrogens is 2. The average molecular weight is 393 g/mol. The molecular formula is C23H27N3O3. The number of nitrogens with zero attached hydrogens (tertiary/aromatic N) is 3. The Kier molecular flexibility index (Phi) is 4.76. The maximum absolute atomic E-state index is 6.39. The number of aryl methyl sites for hydroxylation is 1. The largest absolute Gasteiger partial charge is 0.497 e. The number of benzene rings is 1. The first-order valence-corrected chi connectivity index (χ1v) is 10.3. The molecule has 2 aromatic rings. The van der Waals surface area contributed by atoms with Crippen molar-refractivity contribution < 1.29 is 14.2 Å². The van der Waals surface area contributed by atoms with Gasteiger partial charge in [-0.3, -0.25) is 4.90 Å². The van der Waals surface area contributed by atoms with Gasteiger partial charge in [0.25, 0.3) is 0 Å². The van der Waals surface area contributed by atoms with Gasteiger partial charge in [0.2, 0.25) is 0 Å². The normalized spacial score (nSPS) is 23.7. The van der Waals surface area contributed by atoms with Crippen LogP contribution in [0.4, 0.5) is 0 Å². The smallest absolute Gasteiger partial charge is 0.127 e. The van der Waals surface area contributed by atoms with E-state index in [-0.39, 0.29) is 5.60 Å². The number of fused-ring (bicyclic) bond motifs is 3. The summed E-state index contributed by atoms with van der Waals surface area (Å²) in [6, 6.07) is 5.95. The Bertz CT molecular complexity index is 958. The van der Waals surface area contributed by atoms with Gasteiger partial charge in [-0.2, -0.15) is 0 Å². The molecule has 152 valence electrons. The maximum Gasteiger partial charge on any atom is 0.127 e. The molecule has 0 aliphatic carbocycles. The number of rotatable bonds is 3. The van der Waals surface area contributed by atoms with Crippen LogP contribution in [0.25, 0.3) is 6.08 Å². The highest BCUT2D eigenvalue weighted by Crippen LogP contribution is 2.39. The third-order valence-corrected chi connectivity index (χ3v) is 6.12. The van der Waals surface area contributed by atoms with E-state index in [1.807, 2.05) is 31.3 Å². The summed E-state index contributed by atoms with van der Waals surface area (Å²) in [5.74, 6) is 2.59. The Morgan fingerprint density at radius 1 is 1.31 bits per heavy atom. The first-order chi connectivity index (χ1) is 14.1. The van der Waals surface area contributed by atoms with Gasteiger partial charge in [0.15, 0.2) is 0 Å². The molecule has 6 nitrogen and oxygen atoms in total. The number of hydrogen-bond donors (Lipinski definition) is 0. The predicted octanol–water partition coefficient (Wildman–Crippen LogP) is 3.13. The second-order valence-corrected chi connectivity index (χ2v) is 8.19. The first kappa shape index (κ1) is 18.6. The molecule has 3 aliphatic rings. The molecule has 1 atom stereocenters. The molecule has 4 heterocycles. The van der Waals surface area contributed by atoms with Crippen molar-refractivity contribution in [1.29, 1.82) is 0 Å². The molecule has 3 aliphatic heterocycles. The molecule has 0 radical (unpaired) electrons. The van der Waals surface area contributed by atoms with E-state index < -0.39 is 0 Å². The van der Waals surface area contributed by atoms with Crippen LogP contribution in [0.3, 0.4) is 0 Å². The minimum Gasteiger partial charge on any atom is -0.497 e. The van der Waals surface area contributed by atoms with E-state index in [9.17, 15) is 0 Å². The van der Waals surface area contributed by atoms with Crippen molar-refractivity contribution >= 4 is 6.08 Å². The quantitative estimate of drug-likeness (QED) is 0.799. The van der Waals surface area contributed by atoms with E-state index in [4.69, 9.17) is 19.2 Å². The summed E-state index contributed by atoms with van der Waals surface area (Å²) in [6.07, 6.45) is 7.24. The van der Waals surface area contributed by atoms with E-state index in [0.29, 0.717) is 6.61 Å². The molecule has 1 unspecified atom stereocenters. The minimum absolute atomic E-state index is 0.309. The van der Waals surface area contributed by atoms with Crippen molar-refractivity contribution in [3.8, 4) is 11.5 Å². The maximum atomic E-state index is 6.39. The van der Waals surface area contributed by atoms with Crippen LogP contribution in [0.2, 0.25) is 0 Å². The second kappa shape index (κ2) is 7.43. The summed E-state index contributed by atoms with van der Waals surface area (Å²) in [6.45, 7) is 6.12. The summed E-state index contributed by atoms with van der Waals surface area (Å²) < 4.78 is 17.7. The zero-order valence-electron chi connectivity index (χ0n) is 17.1. The number of piperidine rings is 1. The average Bonchev–Trinajstić information content (AvgIpc) is 2.74. The summed E-state index contributed by atoms with van der Waals surface area (Å²) >= 11 is 0. The van der Waals surface area contributed by atoms with Gasteiger partial charge >= 0.3 is 0 Å². The van der Waals surface area contributed by atoms with Crippen molar-refractivity contribution in [2.75, 3.05) is 40.0 Å². The monoisotopic (exact) mass is 393 g/mol. The fraction of sp³-hybridized carbons (Fsp3) is 0.478. The zero-order valence-corrected chi connectivity index (χ0v) is 17.1. The van der Waals surface area contributed by atoms with Crippen LogP contribution >= 0.6 is 0 Å². The third kappa shape index (κ3) is 3.51. The number of likely N-dealkylation sites (tertiary alicyclic amines) is 1. The molecule has 0 saturated carbocycles. The van der Waals surface area contributed by atoms with Crippen LogP contribution in [-0.4, -0.2) is 54.8 Å². The highest BCUT2D eigenvalue weighted by atomic mass is 16.5. The van der Waals surface area contributed by atoms with E-state index in [0.717, 1.165) is 74.1 Å². The lowest BCUT2D eigenvalue weighted by molar-refractivity contribution is -0.106. The lowest BCUT2D eigenvalue weighted by Gasteiger charge is -2.45. The van der Waals surface area contributed by atoms with Crippen LogP contribution in [0, 0.1) is 6.92 Å². The molecule has 1 saturated heterocycles. The number of methoxy groups -OCH3 is 1. The van der Waals surface area contributed by atoms with Crippen LogP contribution in [-0.2, 0) is 16.8 Å². The fourth-order valence-electron chi connectivity index (χ4n) is 4.76. The summed E-state index contributed by atoms with van der Waals surface area (Å²) in [7, 11) is 1.69. The van der Waals surface area contributed by atoms with Crippen molar-refractivity contribution in [2.24, 2.45) is 0 Å². The molecule has 1 spiro atoms. The minimum atomic E-state index is -0.309. The van der Waals surface area contributed by atoms with Crippen molar-refractivity contribution in [3.05, 3.63) is 52.6 Å².